The molecule has 1 aliphatic heterocycles. The van der Waals surface area contributed by atoms with Gasteiger partial charge in [-0.3, -0.25) is 15.6 Å². The van der Waals surface area contributed by atoms with E-state index in [4.69, 9.17) is 12.2 Å². The van der Waals surface area contributed by atoms with Gasteiger partial charge in [0.05, 0.1) is 11.5 Å². The number of amides is 1. The van der Waals surface area contributed by atoms with E-state index < -0.39 is 9.84 Å². The van der Waals surface area contributed by atoms with E-state index >= 15 is 0 Å². The Morgan fingerprint density at radius 1 is 1.44 bits per heavy atom. The standard InChI is InChI=1S/C8H15N3O3S2/c1-9-8(15)11-10-7(12)4-6-2-3-16(13,14)5-6/h6H,2-5H2,1H3,(H,10,12)(H2,9,11,15)/t6-/m1/s1. The van der Waals surface area contributed by atoms with Crippen LogP contribution in [0.2, 0.25) is 0 Å². The van der Waals surface area contributed by atoms with Crippen molar-refractivity contribution in [1.82, 2.24) is 16.2 Å². The van der Waals surface area contributed by atoms with Crippen molar-refractivity contribution in [3.8, 4) is 0 Å². The summed E-state index contributed by atoms with van der Waals surface area (Å²) in [6.45, 7) is 0. The Kier molecular flexibility index (Phi) is 4.48. The maximum absolute atomic E-state index is 11.4. The second-order valence-electron chi connectivity index (χ2n) is 3.73. The van der Waals surface area contributed by atoms with Crippen LogP contribution in [0.4, 0.5) is 0 Å². The van der Waals surface area contributed by atoms with E-state index in [1.165, 1.54) is 0 Å². The predicted octanol–water partition coefficient (Wildman–Crippen LogP) is -1.06. The molecule has 3 N–H and O–H groups in total. The number of hydrazine groups is 1. The molecule has 1 saturated heterocycles. The number of sulfone groups is 1. The highest BCUT2D eigenvalue weighted by atomic mass is 32.2. The summed E-state index contributed by atoms with van der Waals surface area (Å²) in [5.41, 5.74) is 4.90. The van der Waals surface area contributed by atoms with E-state index in [0.29, 0.717) is 11.5 Å². The summed E-state index contributed by atoms with van der Waals surface area (Å²) in [7, 11) is -1.29. The zero-order valence-corrected chi connectivity index (χ0v) is 10.6. The minimum absolute atomic E-state index is 0.0741. The third-order valence-electron chi connectivity index (χ3n) is 2.34. The van der Waals surface area contributed by atoms with Gasteiger partial charge in [-0.25, -0.2) is 8.42 Å². The summed E-state index contributed by atoms with van der Waals surface area (Å²) in [4.78, 5) is 11.4. The average Bonchev–Trinajstić information content (AvgIpc) is 2.54. The number of hydrogen-bond acceptors (Lipinski definition) is 4. The van der Waals surface area contributed by atoms with Crippen LogP contribution < -0.4 is 16.2 Å². The topological polar surface area (TPSA) is 87.3 Å². The third kappa shape index (κ3) is 4.31. The Balaban J connectivity index is 2.28. The lowest BCUT2D eigenvalue weighted by Gasteiger charge is -2.10. The molecule has 1 aliphatic rings. The fourth-order valence-corrected chi connectivity index (χ4v) is 3.45. The van der Waals surface area contributed by atoms with Crippen LogP contribution in [0.15, 0.2) is 0 Å². The van der Waals surface area contributed by atoms with E-state index in [-0.39, 0.29) is 29.8 Å². The van der Waals surface area contributed by atoms with Crippen molar-refractivity contribution in [3.05, 3.63) is 0 Å². The smallest absolute Gasteiger partial charge is 0.238 e. The molecule has 0 aromatic rings. The first-order valence-corrected chi connectivity index (χ1v) is 7.13. The molecule has 0 spiro atoms. The molecule has 92 valence electrons. The van der Waals surface area contributed by atoms with Crippen LogP contribution in [-0.2, 0) is 14.6 Å². The van der Waals surface area contributed by atoms with Crippen molar-refractivity contribution in [2.24, 2.45) is 5.92 Å². The molecule has 16 heavy (non-hydrogen) atoms. The summed E-state index contributed by atoms with van der Waals surface area (Å²) >= 11 is 4.76. The summed E-state index contributed by atoms with van der Waals surface area (Å²) in [6, 6.07) is 0. The molecular weight excluding hydrogens is 250 g/mol. The van der Waals surface area contributed by atoms with Gasteiger partial charge in [-0.05, 0) is 24.6 Å². The predicted molar refractivity (Wildman–Crippen MR) is 64.3 cm³/mol. The van der Waals surface area contributed by atoms with E-state index in [1.54, 1.807) is 7.05 Å². The van der Waals surface area contributed by atoms with Crippen LogP contribution >= 0.6 is 12.2 Å². The van der Waals surface area contributed by atoms with Gasteiger partial charge in [0.1, 0.15) is 0 Å². The van der Waals surface area contributed by atoms with Crippen LogP contribution in [0.25, 0.3) is 0 Å². The Morgan fingerprint density at radius 3 is 2.62 bits per heavy atom. The summed E-state index contributed by atoms with van der Waals surface area (Å²) in [6.07, 6.45) is 0.769. The highest BCUT2D eigenvalue weighted by Gasteiger charge is 2.29. The zero-order valence-electron chi connectivity index (χ0n) is 8.95. The molecule has 1 amide bonds. The highest BCUT2D eigenvalue weighted by molar-refractivity contribution is 7.91. The molecule has 0 bridgehead atoms. The van der Waals surface area contributed by atoms with Gasteiger partial charge < -0.3 is 5.32 Å². The van der Waals surface area contributed by atoms with Gasteiger partial charge in [-0.2, -0.15) is 0 Å². The molecule has 0 aromatic heterocycles. The first-order valence-electron chi connectivity index (χ1n) is 4.90. The highest BCUT2D eigenvalue weighted by Crippen LogP contribution is 2.21. The second-order valence-corrected chi connectivity index (χ2v) is 6.36. The fourth-order valence-electron chi connectivity index (χ4n) is 1.54. The maximum atomic E-state index is 11.4. The van der Waals surface area contributed by atoms with Crippen LogP contribution in [-0.4, -0.2) is 38.0 Å². The number of thiocarbonyl (C=S) groups is 1. The largest absolute Gasteiger partial charge is 0.364 e. The Morgan fingerprint density at radius 2 is 2.12 bits per heavy atom. The van der Waals surface area contributed by atoms with Crippen molar-refractivity contribution in [2.75, 3.05) is 18.6 Å². The number of hydrogen-bond donors (Lipinski definition) is 3. The van der Waals surface area contributed by atoms with Gasteiger partial charge in [0.25, 0.3) is 0 Å². The Bertz CT molecular complexity index is 380. The minimum atomic E-state index is -2.92. The van der Waals surface area contributed by atoms with Crippen LogP contribution in [0, 0.1) is 5.92 Å². The first kappa shape index (κ1) is 13.2. The quantitative estimate of drug-likeness (QED) is 0.436. The van der Waals surface area contributed by atoms with E-state index in [2.05, 4.69) is 16.2 Å². The van der Waals surface area contributed by atoms with Crippen molar-refractivity contribution in [2.45, 2.75) is 12.8 Å². The van der Waals surface area contributed by atoms with Crippen molar-refractivity contribution >= 4 is 33.1 Å². The van der Waals surface area contributed by atoms with E-state index in [9.17, 15) is 13.2 Å². The van der Waals surface area contributed by atoms with Gasteiger partial charge in [-0.15, -0.1) is 0 Å². The van der Waals surface area contributed by atoms with Gasteiger partial charge in [0.15, 0.2) is 14.9 Å². The lowest BCUT2D eigenvalue weighted by atomic mass is 10.1. The second kappa shape index (κ2) is 5.44. The molecule has 1 fully saturated rings. The van der Waals surface area contributed by atoms with E-state index in [1.807, 2.05) is 0 Å². The molecular formula is C8H15N3O3S2. The average molecular weight is 265 g/mol. The molecule has 8 heteroatoms. The lowest BCUT2D eigenvalue weighted by molar-refractivity contribution is -0.122. The Hall–Kier alpha value is -0.890. The maximum Gasteiger partial charge on any atom is 0.238 e. The normalized spacial score (nSPS) is 22.4. The molecule has 6 nitrogen and oxygen atoms in total. The molecule has 1 heterocycles. The number of rotatable bonds is 2. The van der Waals surface area contributed by atoms with Crippen LogP contribution in [0.1, 0.15) is 12.8 Å². The van der Waals surface area contributed by atoms with Gasteiger partial charge in [0.2, 0.25) is 5.91 Å². The third-order valence-corrected chi connectivity index (χ3v) is 4.49. The Labute approximate surface area is 100 Å². The fraction of sp³-hybridized carbons (Fsp3) is 0.750. The lowest BCUT2D eigenvalue weighted by Crippen LogP contribution is -2.46. The first-order chi connectivity index (χ1) is 7.43. The zero-order chi connectivity index (χ0) is 12.2. The van der Waals surface area contributed by atoms with E-state index in [0.717, 1.165) is 0 Å². The summed E-state index contributed by atoms with van der Waals surface area (Å²) < 4.78 is 22.3. The van der Waals surface area contributed by atoms with Crippen molar-refractivity contribution < 1.29 is 13.2 Å². The molecule has 1 rings (SSSR count). The molecule has 0 aliphatic carbocycles. The number of nitrogens with one attached hydrogen (secondary N) is 3. The van der Waals surface area contributed by atoms with Crippen molar-refractivity contribution in [1.29, 1.82) is 0 Å². The van der Waals surface area contributed by atoms with Gasteiger partial charge in [0, 0.05) is 13.5 Å². The SMILES string of the molecule is CNC(=S)NNC(=O)C[C@H]1CCS(=O)(=O)C1. The molecule has 0 radical (unpaired) electrons. The van der Waals surface area contributed by atoms with Crippen molar-refractivity contribution in [3.63, 3.8) is 0 Å². The molecule has 0 unspecified atom stereocenters. The monoisotopic (exact) mass is 265 g/mol. The summed E-state index contributed by atoms with van der Waals surface area (Å²) in [5, 5.41) is 2.95. The van der Waals surface area contributed by atoms with Crippen LogP contribution in [0.3, 0.4) is 0 Å². The molecule has 1 atom stereocenters. The molecule has 0 aromatic carbocycles. The van der Waals surface area contributed by atoms with Gasteiger partial charge >= 0.3 is 0 Å². The number of carbonyl (C=O) groups is 1. The number of carbonyl (C=O) groups excluding carboxylic acids is 1. The van der Waals surface area contributed by atoms with Gasteiger partial charge in [-0.1, -0.05) is 0 Å². The van der Waals surface area contributed by atoms with Crippen LogP contribution in [0.5, 0.6) is 0 Å². The minimum Gasteiger partial charge on any atom is -0.364 e. The summed E-state index contributed by atoms with van der Waals surface area (Å²) in [5.74, 6) is -0.0286. The molecule has 0 saturated carbocycles.